The number of nitrogens with two attached hydrogens (primary N) is 1. The van der Waals surface area contributed by atoms with Gasteiger partial charge in [-0.05, 0) is 48.7 Å². The number of nitrogens with zero attached hydrogens (tertiary/aromatic N) is 1. The highest BCUT2D eigenvalue weighted by atomic mass is 35.5. The van der Waals surface area contributed by atoms with Crippen LogP contribution in [0.15, 0.2) is 53.4 Å². The minimum Gasteiger partial charge on any atom is -0.489 e. The molecule has 2 N–H and O–H groups in total. The summed E-state index contributed by atoms with van der Waals surface area (Å²) in [7, 11) is 0. The number of amides is 1. The number of aromatic nitrogens is 1. The lowest BCUT2D eigenvalue weighted by Gasteiger charge is -2.09. The molecule has 0 radical (unpaired) electrons. The van der Waals surface area contributed by atoms with E-state index in [-0.39, 0.29) is 0 Å². The van der Waals surface area contributed by atoms with E-state index in [0.29, 0.717) is 23.1 Å². The summed E-state index contributed by atoms with van der Waals surface area (Å²) in [4.78, 5) is 16.6. The molecule has 0 fully saturated rings. The van der Waals surface area contributed by atoms with Crippen molar-refractivity contribution in [1.29, 1.82) is 0 Å². The van der Waals surface area contributed by atoms with Crippen molar-refractivity contribution in [2.75, 3.05) is 6.26 Å². The van der Waals surface area contributed by atoms with E-state index in [0.717, 1.165) is 21.4 Å². The van der Waals surface area contributed by atoms with Crippen molar-refractivity contribution < 1.29 is 9.53 Å². The van der Waals surface area contributed by atoms with E-state index >= 15 is 0 Å². The third-order valence-corrected chi connectivity index (χ3v) is 4.64. The number of fused-ring (bicyclic) bond motifs is 1. The predicted molar refractivity (Wildman–Crippen MR) is 97.8 cm³/mol. The SMILES string of the molecule is CSc1ccc2cc(COc3ccc(C(N)=O)cc3)c(Cl)nc2c1. The number of benzene rings is 2. The van der Waals surface area contributed by atoms with Gasteiger partial charge in [-0.2, -0.15) is 0 Å². The molecule has 0 bridgehead atoms. The van der Waals surface area contributed by atoms with Crippen LogP contribution in [-0.2, 0) is 6.61 Å². The molecule has 24 heavy (non-hydrogen) atoms. The lowest BCUT2D eigenvalue weighted by molar-refractivity contribution is 0.100. The zero-order valence-electron chi connectivity index (χ0n) is 13.0. The number of carbonyl (C=O) groups excluding carboxylic acids is 1. The van der Waals surface area contributed by atoms with E-state index in [9.17, 15) is 4.79 Å². The molecule has 3 rings (SSSR count). The topological polar surface area (TPSA) is 65.2 Å². The molecule has 0 spiro atoms. The first-order valence-electron chi connectivity index (χ1n) is 7.22. The zero-order valence-corrected chi connectivity index (χ0v) is 14.5. The Kier molecular flexibility index (Phi) is 4.92. The van der Waals surface area contributed by atoms with Crippen LogP contribution in [0.2, 0.25) is 5.15 Å². The third-order valence-electron chi connectivity index (χ3n) is 3.58. The fraction of sp³-hybridized carbons (Fsp3) is 0.111. The maximum atomic E-state index is 11.1. The first-order valence-corrected chi connectivity index (χ1v) is 8.83. The van der Waals surface area contributed by atoms with Gasteiger partial charge in [0.05, 0.1) is 5.52 Å². The Hall–Kier alpha value is -2.24. The summed E-state index contributed by atoms with van der Waals surface area (Å²) < 4.78 is 5.72. The van der Waals surface area contributed by atoms with Gasteiger partial charge in [-0.15, -0.1) is 11.8 Å². The first kappa shape index (κ1) is 16.6. The van der Waals surface area contributed by atoms with Crippen molar-refractivity contribution in [2.24, 2.45) is 5.73 Å². The van der Waals surface area contributed by atoms with Gasteiger partial charge in [0.25, 0.3) is 0 Å². The number of hydrogen-bond acceptors (Lipinski definition) is 4. The van der Waals surface area contributed by atoms with E-state index in [1.165, 1.54) is 0 Å². The number of ether oxygens (including phenoxy) is 1. The molecule has 0 aliphatic heterocycles. The Labute approximate surface area is 149 Å². The summed E-state index contributed by atoms with van der Waals surface area (Å²) in [6.45, 7) is 0.294. The summed E-state index contributed by atoms with van der Waals surface area (Å²) in [5, 5.41) is 1.44. The van der Waals surface area contributed by atoms with Gasteiger partial charge in [-0.1, -0.05) is 17.7 Å². The van der Waals surface area contributed by atoms with E-state index < -0.39 is 5.91 Å². The average Bonchev–Trinajstić information content (AvgIpc) is 2.59. The van der Waals surface area contributed by atoms with E-state index in [1.807, 2.05) is 24.5 Å². The zero-order chi connectivity index (χ0) is 17.1. The highest BCUT2D eigenvalue weighted by Crippen LogP contribution is 2.25. The van der Waals surface area contributed by atoms with Crippen molar-refractivity contribution in [3.63, 3.8) is 0 Å². The van der Waals surface area contributed by atoms with Gasteiger partial charge >= 0.3 is 0 Å². The molecule has 4 nitrogen and oxygen atoms in total. The van der Waals surface area contributed by atoms with Crippen LogP contribution >= 0.6 is 23.4 Å². The molecule has 0 atom stereocenters. The number of pyridine rings is 1. The van der Waals surface area contributed by atoms with Gasteiger partial charge in [-0.25, -0.2) is 4.98 Å². The molecule has 0 aliphatic carbocycles. The van der Waals surface area contributed by atoms with Crippen molar-refractivity contribution in [3.8, 4) is 5.75 Å². The largest absolute Gasteiger partial charge is 0.489 e. The molecule has 6 heteroatoms. The number of halogens is 1. The molecule has 1 heterocycles. The standard InChI is InChI=1S/C18H15ClN2O2S/c1-24-15-7-4-12-8-13(17(19)21-16(12)9-15)10-23-14-5-2-11(3-6-14)18(20)22/h2-9H,10H2,1H3,(H2,20,22). The van der Waals surface area contributed by atoms with Crippen molar-refractivity contribution in [3.05, 3.63) is 64.8 Å². The van der Waals surface area contributed by atoms with Crippen LogP contribution in [0.4, 0.5) is 0 Å². The van der Waals surface area contributed by atoms with Gasteiger partial charge in [0.15, 0.2) is 0 Å². The minimum absolute atomic E-state index is 0.294. The second-order valence-corrected chi connectivity index (χ2v) is 6.41. The second-order valence-electron chi connectivity index (χ2n) is 5.17. The van der Waals surface area contributed by atoms with Gasteiger partial charge in [0, 0.05) is 21.4 Å². The highest BCUT2D eigenvalue weighted by Gasteiger charge is 2.07. The summed E-state index contributed by atoms with van der Waals surface area (Å²) in [5.74, 6) is 0.168. The lowest BCUT2D eigenvalue weighted by atomic mass is 10.1. The van der Waals surface area contributed by atoms with Crippen molar-refractivity contribution in [2.45, 2.75) is 11.5 Å². The van der Waals surface area contributed by atoms with Crippen LogP contribution in [0.25, 0.3) is 10.9 Å². The third kappa shape index (κ3) is 3.63. The van der Waals surface area contributed by atoms with Crippen molar-refractivity contribution in [1.82, 2.24) is 4.98 Å². The monoisotopic (exact) mass is 358 g/mol. The Morgan fingerprint density at radius 1 is 1.21 bits per heavy atom. The fourth-order valence-electron chi connectivity index (χ4n) is 2.27. The Morgan fingerprint density at radius 2 is 1.96 bits per heavy atom. The second kappa shape index (κ2) is 7.11. The summed E-state index contributed by atoms with van der Waals surface area (Å²) in [6.07, 6.45) is 2.02. The quantitative estimate of drug-likeness (QED) is 0.546. The predicted octanol–water partition coefficient (Wildman–Crippen LogP) is 4.29. The Balaban J connectivity index is 1.79. The average molecular weight is 359 g/mol. The molecule has 3 aromatic rings. The molecule has 0 saturated heterocycles. The fourth-order valence-corrected chi connectivity index (χ4v) is 2.91. The van der Waals surface area contributed by atoms with Crippen LogP contribution in [0, 0.1) is 0 Å². The Bertz CT molecular complexity index is 897. The first-order chi connectivity index (χ1) is 11.6. The summed E-state index contributed by atoms with van der Waals surface area (Å²) in [6, 6.07) is 14.7. The van der Waals surface area contributed by atoms with Crippen LogP contribution in [-0.4, -0.2) is 17.1 Å². The van der Waals surface area contributed by atoms with Crippen LogP contribution < -0.4 is 10.5 Å². The van der Waals surface area contributed by atoms with E-state index in [4.69, 9.17) is 22.1 Å². The molecular weight excluding hydrogens is 344 g/mol. The Morgan fingerprint density at radius 3 is 2.62 bits per heavy atom. The molecule has 1 amide bonds. The molecule has 0 saturated carbocycles. The number of rotatable bonds is 5. The van der Waals surface area contributed by atoms with Gasteiger partial charge in [-0.3, -0.25) is 4.79 Å². The number of thioether (sulfide) groups is 1. The van der Waals surface area contributed by atoms with Crippen LogP contribution in [0.1, 0.15) is 15.9 Å². The highest BCUT2D eigenvalue weighted by molar-refractivity contribution is 7.98. The lowest BCUT2D eigenvalue weighted by Crippen LogP contribution is -2.10. The molecule has 0 aliphatic rings. The van der Waals surface area contributed by atoms with Crippen LogP contribution in [0.3, 0.4) is 0 Å². The number of hydrogen-bond donors (Lipinski definition) is 1. The van der Waals surface area contributed by atoms with Gasteiger partial charge < -0.3 is 10.5 Å². The van der Waals surface area contributed by atoms with Crippen molar-refractivity contribution >= 4 is 40.2 Å². The molecular formula is C18H15ClN2O2S. The smallest absolute Gasteiger partial charge is 0.248 e. The van der Waals surface area contributed by atoms with E-state index in [2.05, 4.69) is 11.1 Å². The number of carbonyl (C=O) groups is 1. The minimum atomic E-state index is -0.465. The number of primary amides is 1. The maximum absolute atomic E-state index is 11.1. The molecule has 2 aromatic carbocycles. The van der Waals surface area contributed by atoms with Gasteiger partial charge in [0.2, 0.25) is 5.91 Å². The van der Waals surface area contributed by atoms with Crippen LogP contribution in [0.5, 0.6) is 5.75 Å². The molecule has 0 unspecified atom stereocenters. The van der Waals surface area contributed by atoms with Gasteiger partial charge in [0.1, 0.15) is 17.5 Å². The normalized spacial score (nSPS) is 10.8. The molecule has 122 valence electrons. The molecule has 1 aromatic heterocycles. The maximum Gasteiger partial charge on any atom is 0.248 e. The van der Waals surface area contributed by atoms with E-state index in [1.54, 1.807) is 36.0 Å². The summed E-state index contributed by atoms with van der Waals surface area (Å²) >= 11 is 7.94. The summed E-state index contributed by atoms with van der Waals surface area (Å²) in [5.41, 5.74) is 7.33.